The van der Waals surface area contributed by atoms with Crippen LogP contribution in [0.1, 0.15) is 6.42 Å². The monoisotopic (exact) mass is 313 g/mol. The molecule has 2 amide bonds. The van der Waals surface area contributed by atoms with E-state index in [4.69, 9.17) is 5.73 Å². The molecule has 18 heavy (non-hydrogen) atoms. The lowest BCUT2D eigenvalue weighted by Crippen LogP contribution is -2.39. The average Bonchev–Trinajstić information content (AvgIpc) is 2.30. The molecule has 0 radical (unpaired) electrons. The zero-order chi connectivity index (χ0) is 13.7. The lowest BCUT2D eigenvalue weighted by atomic mass is 10.1. The minimum atomic E-state index is -0.724. The number of nitrogens with two attached hydrogens (primary N) is 1. The fourth-order valence-electron chi connectivity index (χ4n) is 1.35. The van der Waals surface area contributed by atoms with Crippen molar-refractivity contribution in [3.05, 3.63) is 28.7 Å². The van der Waals surface area contributed by atoms with E-state index < -0.39 is 11.9 Å². The Hall–Kier alpha value is -1.56. The predicted octanol–water partition coefficient (Wildman–Crippen LogP) is 1.19. The highest BCUT2D eigenvalue weighted by Gasteiger charge is 2.20. The number of benzene rings is 1. The van der Waals surface area contributed by atoms with E-state index in [1.165, 1.54) is 4.90 Å². The lowest BCUT2D eigenvalue weighted by Gasteiger charge is -2.19. The molecule has 98 valence electrons. The van der Waals surface area contributed by atoms with Crippen LogP contribution in [0.3, 0.4) is 0 Å². The largest absolute Gasteiger partial charge is 0.372 e. The molecule has 0 bridgehead atoms. The van der Waals surface area contributed by atoms with Crippen LogP contribution < -0.4 is 11.1 Å². The number of para-hydroxylation sites is 1. The second-order valence-electron chi connectivity index (χ2n) is 4.07. The van der Waals surface area contributed by atoms with Crippen molar-refractivity contribution in [1.82, 2.24) is 4.90 Å². The molecule has 0 aliphatic rings. The van der Waals surface area contributed by atoms with Gasteiger partial charge >= 0.3 is 0 Å². The van der Waals surface area contributed by atoms with Crippen molar-refractivity contribution in [3.8, 4) is 0 Å². The summed E-state index contributed by atoms with van der Waals surface area (Å²) in [4.78, 5) is 24.4. The van der Waals surface area contributed by atoms with Crippen molar-refractivity contribution in [2.45, 2.75) is 12.5 Å². The summed E-state index contributed by atoms with van der Waals surface area (Å²) in [6, 6.07) is 6.62. The van der Waals surface area contributed by atoms with Gasteiger partial charge in [-0.15, -0.1) is 0 Å². The number of hydrogen-bond donors (Lipinski definition) is 2. The molecular formula is C12H16BrN3O2. The molecule has 6 heteroatoms. The van der Waals surface area contributed by atoms with Crippen LogP contribution >= 0.6 is 15.9 Å². The van der Waals surface area contributed by atoms with Crippen molar-refractivity contribution in [3.63, 3.8) is 0 Å². The van der Waals surface area contributed by atoms with E-state index >= 15 is 0 Å². The van der Waals surface area contributed by atoms with Gasteiger partial charge < -0.3 is 16.0 Å². The van der Waals surface area contributed by atoms with Gasteiger partial charge in [0.15, 0.2) is 0 Å². The van der Waals surface area contributed by atoms with E-state index in [1.54, 1.807) is 20.2 Å². The molecule has 0 aromatic heterocycles. The minimum Gasteiger partial charge on any atom is -0.372 e. The molecule has 0 spiro atoms. The molecule has 1 atom stereocenters. The molecule has 0 aliphatic carbocycles. The second kappa shape index (κ2) is 6.39. The molecule has 0 aliphatic heterocycles. The number of anilines is 1. The van der Waals surface area contributed by atoms with Gasteiger partial charge in [0.05, 0.1) is 6.42 Å². The number of carbonyl (C=O) groups is 2. The maximum absolute atomic E-state index is 11.6. The van der Waals surface area contributed by atoms with E-state index in [9.17, 15) is 9.59 Å². The van der Waals surface area contributed by atoms with Gasteiger partial charge in [-0.25, -0.2) is 0 Å². The molecule has 1 aromatic carbocycles. The van der Waals surface area contributed by atoms with E-state index in [1.807, 2.05) is 18.2 Å². The van der Waals surface area contributed by atoms with E-state index in [2.05, 4.69) is 21.2 Å². The summed E-state index contributed by atoms with van der Waals surface area (Å²) < 4.78 is 0.813. The Kier molecular flexibility index (Phi) is 5.15. The lowest BCUT2D eigenvalue weighted by molar-refractivity contribution is -0.131. The number of nitrogens with one attached hydrogen (secondary N) is 1. The zero-order valence-electron chi connectivity index (χ0n) is 10.3. The molecule has 0 heterocycles. The van der Waals surface area contributed by atoms with E-state index in [0.29, 0.717) is 0 Å². The Morgan fingerprint density at radius 3 is 2.50 bits per heavy atom. The number of hydrogen-bond acceptors (Lipinski definition) is 3. The standard InChI is InChI=1S/C12H16BrN3O2/c1-16(2)11(17)7-10(12(14)18)15-9-6-4-3-5-8(9)13/h3-6,10,15H,7H2,1-2H3,(H2,14,18). The first kappa shape index (κ1) is 14.5. The highest BCUT2D eigenvalue weighted by molar-refractivity contribution is 9.10. The molecule has 1 unspecified atom stereocenters. The number of primary amides is 1. The van der Waals surface area contributed by atoms with Crippen LogP contribution in [0.4, 0.5) is 5.69 Å². The first-order chi connectivity index (χ1) is 8.41. The van der Waals surface area contributed by atoms with Gasteiger partial charge in [0.2, 0.25) is 11.8 Å². The van der Waals surface area contributed by atoms with E-state index in [-0.39, 0.29) is 12.3 Å². The molecule has 3 N–H and O–H groups in total. The Morgan fingerprint density at radius 1 is 1.39 bits per heavy atom. The Morgan fingerprint density at radius 2 is 2.00 bits per heavy atom. The highest BCUT2D eigenvalue weighted by Crippen LogP contribution is 2.22. The summed E-state index contributed by atoms with van der Waals surface area (Å²) in [5.74, 6) is -0.709. The van der Waals surface area contributed by atoms with Crippen molar-refractivity contribution < 1.29 is 9.59 Å². The minimum absolute atomic E-state index is 0.0314. The van der Waals surface area contributed by atoms with Crippen molar-refractivity contribution in [2.75, 3.05) is 19.4 Å². The van der Waals surface area contributed by atoms with Crippen LogP contribution in [0, 0.1) is 0 Å². The number of carbonyl (C=O) groups excluding carboxylic acids is 2. The molecule has 5 nitrogen and oxygen atoms in total. The third kappa shape index (κ3) is 4.03. The smallest absolute Gasteiger partial charge is 0.240 e. The molecule has 0 saturated heterocycles. The van der Waals surface area contributed by atoms with Crippen LogP contribution in [-0.2, 0) is 9.59 Å². The first-order valence-corrected chi connectivity index (χ1v) is 6.21. The Balaban J connectivity index is 2.79. The third-order valence-corrected chi connectivity index (χ3v) is 3.12. The van der Waals surface area contributed by atoms with Gasteiger partial charge in [0.25, 0.3) is 0 Å². The molecule has 1 rings (SSSR count). The molecule has 0 saturated carbocycles. The van der Waals surface area contributed by atoms with Gasteiger partial charge in [-0.2, -0.15) is 0 Å². The maximum Gasteiger partial charge on any atom is 0.240 e. The van der Waals surface area contributed by atoms with Crippen molar-refractivity contribution >= 4 is 33.4 Å². The van der Waals surface area contributed by atoms with Crippen LogP contribution in [0.5, 0.6) is 0 Å². The SMILES string of the molecule is CN(C)C(=O)CC(Nc1ccccc1Br)C(N)=O. The Labute approximate surface area is 114 Å². The predicted molar refractivity (Wildman–Crippen MR) is 74.1 cm³/mol. The number of rotatable bonds is 5. The summed E-state index contributed by atoms with van der Waals surface area (Å²) in [5, 5.41) is 2.96. The maximum atomic E-state index is 11.6. The van der Waals surface area contributed by atoms with Crippen LogP contribution in [0.2, 0.25) is 0 Å². The van der Waals surface area contributed by atoms with Crippen LogP contribution in [0.15, 0.2) is 28.7 Å². The molecule has 0 fully saturated rings. The fourth-order valence-corrected chi connectivity index (χ4v) is 1.75. The highest BCUT2D eigenvalue weighted by atomic mass is 79.9. The number of amides is 2. The summed E-state index contributed by atoms with van der Waals surface area (Å²) in [6.45, 7) is 0. The number of halogens is 1. The normalized spacial score (nSPS) is 11.7. The van der Waals surface area contributed by atoms with Crippen LogP contribution in [0.25, 0.3) is 0 Å². The third-order valence-electron chi connectivity index (χ3n) is 2.42. The molecule has 1 aromatic rings. The summed E-state index contributed by atoms with van der Waals surface area (Å²) in [6.07, 6.45) is 0.0314. The fraction of sp³-hybridized carbons (Fsp3) is 0.333. The van der Waals surface area contributed by atoms with Crippen molar-refractivity contribution in [1.29, 1.82) is 0 Å². The first-order valence-electron chi connectivity index (χ1n) is 5.42. The topological polar surface area (TPSA) is 75.4 Å². The Bertz CT molecular complexity index is 449. The van der Waals surface area contributed by atoms with Gasteiger partial charge in [0.1, 0.15) is 6.04 Å². The van der Waals surface area contributed by atoms with Gasteiger partial charge in [-0.1, -0.05) is 12.1 Å². The van der Waals surface area contributed by atoms with E-state index in [0.717, 1.165) is 10.2 Å². The van der Waals surface area contributed by atoms with Gasteiger partial charge in [0, 0.05) is 24.3 Å². The van der Waals surface area contributed by atoms with Crippen molar-refractivity contribution in [2.24, 2.45) is 5.73 Å². The van der Waals surface area contributed by atoms with Crippen LogP contribution in [-0.4, -0.2) is 36.9 Å². The summed E-state index contributed by atoms with van der Waals surface area (Å²) >= 11 is 3.36. The number of nitrogens with zero attached hydrogens (tertiary/aromatic N) is 1. The average molecular weight is 314 g/mol. The zero-order valence-corrected chi connectivity index (χ0v) is 11.9. The van der Waals surface area contributed by atoms with Gasteiger partial charge in [-0.3, -0.25) is 9.59 Å². The quantitative estimate of drug-likeness (QED) is 0.857. The molecular weight excluding hydrogens is 298 g/mol. The summed E-state index contributed by atoms with van der Waals surface area (Å²) in [5.41, 5.74) is 6.03. The second-order valence-corrected chi connectivity index (χ2v) is 4.93. The summed E-state index contributed by atoms with van der Waals surface area (Å²) in [7, 11) is 3.28. The van der Waals surface area contributed by atoms with Gasteiger partial charge in [-0.05, 0) is 28.1 Å².